The molecule has 1 heterocycles. The number of thioether (sulfide) groups is 1. The predicted octanol–water partition coefficient (Wildman–Crippen LogP) is 1.94. The summed E-state index contributed by atoms with van der Waals surface area (Å²) in [5.41, 5.74) is 0. The second-order valence-corrected chi connectivity index (χ2v) is 5.89. The van der Waals surface area contributed by atoms with Crippen molar-refractivity contribution in [2.24, 2.45) is 5.92 Å². The Hall–Kier alpha value is -0.690. The lowest BCUT2D eigenvalue weighted by Gasteiger charge is -2.23. The average molecular weight is 226 g/mol. The van der Waals surface area contributed by atoms with Gasteiger partial charge in [-0.25, -0.2) is 0 Å². The third-order valence-electron chi connectivity index (χ3n) is 2.82. The molecule has 1 saturated heterocycles. The molecule has 0 aliphatic carbocycles. The molecule has 0 radical (unpaired) electrons. The monoisotopic (exact) mass is 226 g/mol. The molecule has 1 aliphatic heterocycles. The normalized spacial score (nSPS) is 27.0. The van der Waals surface area contributed by atoms with E-state index in [1.807, 2.05) is 24.8 Å². The van der Waals surface area contributed by atoms with Crippen LogP contribution < -0.4 is 5.32 Å². The van der Waals surface area contributed by atoms with Crippen LogP contribution in [0.2, 0.25) is 0 Å². The predicted molar refractivity (Wildman–Crippen MR) is 62.5 cm³/mol. The Morgan fingerprint density at radius 1 is 1.73 bits per heavy atom. The van der Waals surface area contributed by atoms with E-state index in [4.69, 9.17) is 5.26 Å². The average Bonchev–Trinajstić information content (AvgIpc) is 2.65. The maximum absolute atomic E-state index is 11.6. The summed E-state index contributed by atoms with van der Waals surface area (Å²) in [6.07, 6.45) is 2.97. The molecule has 2 atom stereocenters. The summed E-state index contributed by atoms with van der Waals surface area (Å²) < 4.78 is 0.184. The lowest BCUT2D eigenvalue weighted by atomic mass is 10.0. The number of rotatable bonds is 4. The van der Waals surface area contributed by atoms with Crippen LogP contribution in [-0.2, 0) is 4.79 Å². The molecule has 1 rings (SSSR count). The molecule has 0 saturated carbocycles. The molecular weight excluding hydrogens is 208 g/mol. The molecule has 84 valence electrons. The van der Waals surface area contributed by atoms with Gasteiger partial charge in [-0.2, -0.15) is 17.0 Å². The molecule has 0 aromatic rings. The van der Waals surface area contributed by atoms with Crippen LogP contribution in [-0.4, -0.2) is 23.0 Å². The van der Waals surface area contributed by atoms with Crippen molar-refractivity contribution in [3.63, 3.8) is 0 Å². The number of amides is 1. The Labute approximate surface area is 95.6 Å². The minimum Gasteiger partial charge on any atom is -0.354 e. The molecule has 0 bridgehead atoms. The Bertz CT molecular complexity index is 266. The largest absolute Gasteiger partial charge is 0.354 e. The van der Waals surface area contributed by atoms with Gasteiger partial charge in [0, 0.05) is 11.3 Å². The number of nitrogens with one attached hydrogen (secondary N) is 1. The fraction of sp³-hybridized carbons (Fsp3) is 0.818. The number of carbonyl (C=O) groups is 1. The first-order valence-electron chi connectivity index (χ1n) is 5.42. The number of hydrogen-bond acceptors (Lipinski definition) is 3. The van der Waals surface area contributed by atoms with Crippen LogP contribution in [0.4, 0.5) is 0 Å². The van der Waals surface area contributed by atoms with E-state index in [2.05, 4.69) is 12.2 Å². The fourth-order valence-corrected chi connectivity index (χ4v) is 2.95. The van der Waals surface area contributed by atoms with E-state index in [9.17, 15) is 4.79 Å². The molecule has 1 amide bonds. The molecule has 2 unspecified atom stereocenters. The third-order valence-corrected chi connectivity index (χ3v) is 4.36. The van der Waals surface area contributed by atoms with Crippen molar-refractivity contribution in [3.8, 4) is 6.07 Å². The molecule has 0 aromatic carbocycles. The summed E-state index contributed by atoms with van der Waals surface area (Å²) in [7, 11) is 0. The first kappa shape index (κ1) is 12.4. The molecule has 15 heavy (non-hydrogen) atoms. The van der Waals surface area contributed by atoms with Crippen molar-refractivity contribution < 1.29 is 4.79 Å². The van der Waals surface area contributed by atoms with Gasteiger partial charge in [0.1, 0.15) is 5.92 Å². The number of carbonyl (C=O) groups excluding carboxylic acids is 1. The molecular formula is C11H18N2OS. The van der Waals surface area contributed by atoms with Crippen molar-refractivity contribution in [2.45, 2.75) is 37.9 Å². The van der Waals surface area contributed by atoms with Gasteiger partial charge in [0.05, 0.1) is 6.07 Å². The highest BCUT2D eigenvalue weighted by atomic mass is 32.2. The first-order chi connectivity index (χ1) is 7.11. The lowest BCUT2D eigenvalue weighted by Crippen LogP contribution is -2.39. The van der Waals surface area contributed by atoms with E-state index in [1.165, 1.54) is 12.2 Å². The summed E-state index contributed by atoms with van der Waals surface area (Å²) >= 11 is 1.92. The van der Waals surface area contributed by atoms with Crippen molar-refractivity contribution >= 4 is 17.7 Å². The summed E-state index contributed by atoms with van der Waals surface area (Å²) in [6.45, 7) is 4.73. The zero-order valence-electron chi connectivity index (χ0n) is 9.38. The second-order valence-electron chi connectivity index (χ2n) is 4.21. The molecule has 4 heteroatoms. The first-order valence-corrected chi connectivity index (χ1v) is 6.41. The van der Waals surface area contributed by atoms with Gasteiger partial charge in [-0.1, -0.05) is 6.92 Å². The van der Waals surface area contributed by atoms with Gasteiger partial charge in [0.15, 0.2) is 0 Å². The third kappa shape index (κ3) is 3.42. The van der Waals surface area contributed by atoms with E-state index in [0.717, 1.165) is 6.42 Å². The van der Waals surface area contributed by atoms with Gasteiger partial charge in [0.25, 0.3) is 0 Å². The summed E-state index contributed by atoms with van der Waals surface area (Å²) in [6, 6.07) is 2.02. The SMILES string of the molecule is CCC(C#N)C(=O)NCC1(C)CCCS1. The van der Waals surface area contributed by atoms with E-state index >= 15 is 0 Å². The van der Waals surface area contributed by atoms with Crippen molar-refractivity contribution in [2.75, 3.05) is 12.3 Å². The van der Waals surface area contributed by atoms with Crippen LogP contribution in [0.25, 0.3) is 0 Å². The zero-order chi connectivity index (χ0) is 11.3. The molecule has 1 N–H and O–H groups in total. The van der Waals surface area contributed by atoms with Gasteiger partial charge in [-0.3, -0.25) is 4.79 Å². The van der Waals surface area contributed by atoms with Crippen molar-refractivity contribution in [1.29, 1.82) is 5.26 Å². The zero-order valence-corrected chi connectivity index (χ0v) is 10.2. The van der Waals surface area contributed by atoms with Crippen LogP contribution in [0.5, 0.6) is 0 Å². The maximum atomic E-state index is 11.6. The van der Waals surface area contributed by atoms with Gasteiger partial charge < -0.3 is 5.32 Å². The number of hydrogen-bond donors (Lipinski definition) is 1. The van der Waals surface area contributed by atoms with E-state index < -0.39 is 5.92 Å². The van der Waals surface area contributed by atoms with Crippen LogP contribution in [0, 0.1) is 17.2 Å². The minimum absolute atomic E-state index is 0.117. The number of nitrogens with zero attached hydrogens (tertiary/aromatic N) is 1. The minimum atomic E-state index is -0.486. The Balaban J connectivity index is 2.36. The quantitative estimate of drug-likeness (QED) is 0.797. The topological polar surface area (TPSA) is 52.9 Å². The van der Waals surface area contributed by atoms with E-state index in [-0.39, 0.29) is 10.7 Å². The van der Waals surface area contributed by atoms with Crippen LogP contribution in [0.1, 0.15) is 33.1 Å². The highest BCUT2D eigenvalue weighted by molar-refractivity contribution is 8.00. The van der Waals surface area contributed by atoms with Gasteiger partial charge in [0.2, 0.25) is 5.91 Å². The Morgan fingerprint density at radius 2 is 2.47 bits per heavy atom. The van der Waals surface area contributed by atoms with Crippen LogP contribution in [0.15, 0.2) is 0 Å². The smallest absolute Gasteiger partial charge is 0.237 e. The van der Waals surface area contributed by atoms with Crippen molar-refractivity contribution in [3.05, 3.63) is 0 Å². The fourth-order valence-electron chi connectivity index (χ4n) is 1.71. The van der Waals surface area contributed by atoms with Crippen molar-refractivity contribution in [1.82, 2.24) is 5.32 Å². The molecule has 3 nitrogen and oxygen atoms in total. The number of nitriles is 1. The van der Waals surface area contributed by atoms with E-state index in [1.54, 1.807) is 0 Å². The lowest BCUT2D eigenvalue weighted by molar-refractivity contribution is -0.123. The standard InChI is InChI=1S/C11H18N2OS/c1-3-9(7-12)10(14)13-8-11(2)5-4-6-15-11/h9H,3-6,8H2,1-2H3,(H,13,14). The van der Waals surface area contributed by atoms with Gasteiger partial charge >= 0.3 is 0 Å². The molecule has 0 spiro atoms. The van der Waals surface area contributed by atoms with E-state index in [0.29, 0.717) is 13.0 Å². The molecule has 0 aromatic heterocycles. The van der Waals surface area contributed by atoms with Gasteiger partial charge in [-0.05, 0) is 31.9 Å². The Kier molecular flexibility index (Phi) is 4.46. The summed E-state index contributed by atoms with van der Waals surface area (Å²) in [4.78, 5) is 11.6. The van der Waals surface area contributed by atoms with Crippen LogP contribution in [0.3, 0.4) is 0 Å². The van der Waals surface area contributed by atoms with Crippen LogP contribution >= 0.6 is 11.8 Å². The summed E-state index contributed by atoms with van der Waals surface area (Å²) in [5.74, 6) is 0.579. The molecule has 1 aliphatic rings. The highest BCUT2D eigenvalue weighted by Gasteiger charge is 2.30. The Morgan fingerprint density at radius 3 is 2.93 bits per heavy atom. The summed E-state index contributed by atoms with van der Waals surface area (Å²) in [5, 5.41) is 11.6. The maximum Gasteiger partial charge on any atom is 0.237 e. The molecule has 1 fully saturated rings. The second kappa shape index (κ2) is 5.41. The van der Waals surface area contributed by atoms with Gasteiger partial charge in [-0.15, -0.1) is 0 Å². The highest BCUT2D eigenvalue weighted by Crippen LogP contribution is 2.36.